The number of aliphatic hydroxyl groups is 1. The van der Waals surface area contributed by atoms with Crippen LogP contribution < -0.4 is 0 Å². The van der Waals surface area contributed by atoms with Gasteiger partial charge >= 0.3 is 0 Å². The normalized spacial score (nSPS) is 57.0. The molecule has 6 bridgehead atoms. The zero-order chi connectivity index (χ0) is 20.6. The minimum absolute atomic E-state index is 0.151. The lowest BCUT2D eigenvalue weighted by Crippen LogP contribution is -2.60. The van der Waals surface area contributed by atoms with E-state index in [4.69, 9.17) is 4.74 Å². The topological polar surface area (TPSA) is 29.5 Å². The molecule has 4 saturated carbocycles. The lowest BCUT2D eigenvalue weighted by Gasteiger charge is -2.63. The van der Waals surface area contributed by atoms with E-state index in [1.807, 2.05) is 0 Å². The molecule has 11 atom stereocenters. The van der Waals surface area contributed by atoms with Crippen molar-refractivity contribution < 1.29 is 9.84 Å². The predicted octanol–water partition coefficient (Wildman–Crippen LogP) is 6.46. The first kappa shape index (κ1) is 20.8. The molecule has 0 aromatic rings. The number of hydrogen-bond donors (Lipinski definition) is 1. The summed E-state index contributed by atoms with van der Waals surface area (Å²) in [6.45, 7) is 12.5. The van der Waals surface area contributed by atoms with E-state index in [1.165, 1.54) is 51.4 Å². The van der Waals surface area contributed by atoms with Crippen molar-refractivity contribution in [2.24, 2.45) is 52.3 Å². The quantitative estimate of drug-likeness (QED) is 0.574. The maximum Gasteiger partial charge on any atom is 0.0662 e. The van der Waals surface area contributed by atoms with Gasteiger partial charge in [0.15, 0.2) is 0 Å². The molecule has 4 unspecified atom stereocenters. The number of rotatable bonds is 2. The minimum atomic E-state index is -0.151. The second-order valence-electron chi connectivity index (χ2n) is 13.0. The first-order chi connectivity index (χ1) is 13.7. The van der Waals surface area contributed by atoms with E-state index >= 15 is 0 Å². The average molecular weight is 403 g/mol. The molecule has 1 N–H and O–H groups in total. The van der Waals surface area contributed by atoms with Gasteiger partial charge in [-0.1, -0.05) is 34.6 Å². The summed E-state index contributed by atoms with van der Waals surface area (Å²) in [5.74, 6) is 5.68. The highest BCUT2D eigenvalue weighted by molar-refractivity contribution is 5.12. The average Bonchev–Trinajstić information content (AvgIpc) is 2.98. The summed E-state index contributed by atoms with van der Waals surface area (Å²) >= 11 is 0. The molecule has 0 radical (unpaired) electrons. The standard InChI is InChI=1S/C27H46O2/c1-16(2)12-20-13-17(3)22-8-9-23-21-7-6-18-14-19(28)15-25(29-20)27(18,5)24(21)10-11-26(22,23)4/h16-25,28H,6-15H2,1-5H3/t17-,18?,19-,20?,21+,22-,23+,24?,25?,26-,27+/m1/s1. The molecule has 4 aliphatic carbocycles. The zero-order valence-corrected chi connectivity index (χ0v) is 19.7. The van der Waals surface area contributed by atoms with Crippen molar-refractivity contribution in [3.63, 3.8) is 0 Å². The Bertz CT molecular complexity index is 616. The molecule has 2 aliphatic heterocycles. The summed E-state index contributed by atoms with van der Waals surface area (Å²) in [5.41, 5.74) is 0.852. The number of hydrogen-bond acceptors (Lipinski definition) is 2. The van der Waals surface area contributed by atoms with Crippen LogP contribution >= 0.6 is 0 Å². The van der Waals surface area contributed by atoms with Gasteiger partial charge in [0, 0.05) is 6.42 Å². The third kappa shape index (κ3) is 3.09. The van der Waals surface area contributed by atoms with E-state index in [9.17, 15) is 5.11 Å². The molecule has 6 rings (SSSR count). The largest absolute Gasteiger partial charge is 0.393 e. The van der Waals surface area contributed by atoms with Crippen LogP contribution in [0.3, 0.4) is 0 Å². The Morgan fingerprint density at radius 3 is 2.45 bits per heavy atom. The summed E-state index contributed by atoms with van der Waals surface area (Å²) in [5, 5.41) is 10.8. The van der Waals surface area contributed by atoms with Crippen molar-refractivity contribution in [2.75, 3.05) is 0 Å². The van der Waals surface area contributed by atoms with E-state index in [1.54, 1.807) is 0 Å². The van der Waals surface area contributed by atoms with Gasteiger partial charge in [-0.15, -0.1) is 0 Å². The molecular weight excluding hydrogens is 356 g/mol. The van der Waals surface area contributed by atoms with Gasteiger partial charge in [0.25, 0.3) is 0 Å². The van der Waals surface area contributed by atoms with Crippen LogP contribution in [0.15, 0.2) is 0 Å². The van der Waals surface area contributed by atoms with Gasteiger partial charge in [0.1, 0.15) is 0 Å². The SMILES string of the molecule is CC(C)CC1C[C@@H](C)[C@H]2CC[C@H]3[C@@H]4CCC5C[C@@H](O)CC(O1)[C@]5(C)C4CC[C@]23C. The fraction of sp³-hybridized carbons (Fsp3) is 1.00. The summed E-state index contributed by atoms with van der Waals surface area (Å²) in [7, 11) is 0. The Hall–Kier alpha value is -0.0800. The second kappa shape index (κ2) is 7.22. The molecule has 2 heteroatoms. The first-order valence-corrected chi connectivity index (χ1v) is 13.1. The van der Waals surface area contributed by atoms with Crippen LogP contribution in [0.2, 0.25) is 0 Å². The number of ether oxygens (including phenoxy) is 1. The Kier molecular flexibility index (Phi) is 5.18. The summed E-state index contributed by atoms with van der Waals surface area (Å²) in [6.07, 6.45) is 13.3. The molecule has 2 heterocycles. The highest BCUT2D eigenvalue weighted by Crippen LogP contribution is 2.69. The minimum Gasteiger partial charge on any atom is -0.393 e. The molecule has 2 nitrogen and oxygen atoms in total. The second-order valence-corrected chi connectivity index (χ2v) is 13.0. The number of aliphatic hydroxyl groups excluding tert-OH is 1. The van der Waals surface area contributed by atoms with Crippen LogP contribution in [0, 0.1) is 52.3 Å². The lowest BCUT2D eigenvalue weighted by atomic mass is 9.44. The maximum absolute atomic E-state index is 10.8. The molecule has 2 saturated heterocycles. The van der Waals surface area contributed by atoms with E-state index in [0.29, 0.717) is 23.4 Å². The van der Waals surface area contributed by atoms with E-state index in [0.717, 1.165) is 42.4 Å². The van der Waals surface area contributed by atoms with E-state index in [-0.39, 0.29) is 17.6 Å². The Morgan fingerprint density at radius 2 is 1.69 bits per heavy atom. The van der Waals surface area contributed by atoms with Crippen LogP contribution in [-0.2, 0) is 4.74 Å². The lowest BCUT2D eigenvalue weighted by molar-refractivity contribution is -0.208. The van der Waals surface area contributed by atoms with Gasteiger partial charge in [-0.05, 0) is 110 Å². The van der Waals surface area contributed by atoms with E-state index in [2.05, 4.69) is 34.6 Å². The van der Waals surface area contributed by atoms with Crippen LogP contribution in [0.1, 0.15) is 98.8 Å². The molecule has 0 amide bonds. The molecule has 0 aromatic heterocycles. The summed E-state index contributed by atoms with van der Waals surface area (Å²) < 4.78 is 7.12. The number of fused-ring (bicyclic) bond motifs is 4. The van der Waals surface area contributed by atoms with Gasteiger partial charge < -0.3 is 9.84 Å². The Labute approximate surface area is 179 Å². The van der Waals surface area contributed by atoms with Gasteiger partial charge in [0.05, 0.1) is 18.3 Å². The third-order valence-corrected chi connectivity index (χ3v) is 11.2. The molecule has 6 fully saturated rings. The fourth-order valence-corrected chi connectivity index (χ4v) is 9.99. The molecule has 0 aromatic carbocycles. The Morgan fingerprint density at radius 1 is 0.931 bits per heavy atom. The highest BCUT2D eigenvalue weighted by atomic mass is 16.5. The summed E-state index contributed by atoms with van der Waals surface area (Å²) in [6, 6.07) is 0. The van der Waals surface area contributed by atoms with Crippen molar-refractivity contribution in [1.29, 1.82) is 0 Å². The third-order valence-electron chi connectivity index (χ3n) is 11.2. The smallest absolute Gasteiger partial charge is 0.0662 e. The van der Waals surface area contributed by atoms with Crippen molar-refractivity contribution >= 4 is 0 Å². The molecule has 166 valence electrons. The molecule has 0 spiro atoms. The summed E-state index contributed by atoms with van der Waals surface area (Å²) in [4.78, 5) is 0. The zero-order valence-electron chi connectivity index (χ0n) is 19.7. The van der Waals surface area contributed by atoms with Crippen LogP contribution in [-0.4, -0.2) is 23.4 Å². The van der Waals surface area contributed by atoms with Crippen LogP contribution in [0.25, 0.3) is 0 Å². The van der Waals surface area contributed by atoms with Gasteiger partial charge in [-0.2, -0.15) is 0 Å². The van der Waals surface area contributed by atoms with Crippen LogP contribution in [0.4, 0.5) is 0 Å². The monoisotopic (exact) mass is 402 g/mol. The van der Waals surface area contributed by atoms with Crippen LogP contribution in [0.5, 0.6) is 0 Å². The van der Waals surface area contributed by atoms with Gasteiger partial charge in [0.2, 0.25) is 0 Å². The molecular formula is C27H46O2. The van der Waals surface area contributed by atoms with Gasteiger partial charge in [-0.25, -0.2) is 0 Å². The Balaban J connectivity index is 1.58. The molecule has 6 aliphatic rings. The van der Waals surface area contributed by atoms with Crippen molar-refractivity contribution in [3.05, 3.63) is 0 Å². The first-order valence-electron chi connectivity index (χ1n) is 13.1. The van der Waals surface area contributed by atoms with Gasteiger partial charge in [-0.3, -0.25) is 0 Å². The highest BCUT2D eigenvalue weighted by Gasteiger charge is 2.63. The van der Waals surface area contributed by atoms with Crippen molar-refractivity contribution in [2.45, 2.75) is 117 Å². The van der Waals surface area contributed by atoms with Crippen molar-refractivity contribution in [3.8, 4) is 0 Å². The maximum atomic E-state index is 10.8. The molecule has 29 heavy (non-hydrogen) atoms. The predicted molar refractivity (Wildman–Crippen MR) is 119 cm³/mol. The fourth-order valence-electron chi connectivity index (χ4n) is 9.99. The van der Waals surface area contributed by atoms with E-state index < -0.39 is 0 Å². The van der Waals surface area contributed by atoms with Crippen molar-refractivity contribution in [1.82, 2.24) is 0 Å².